The van der Waals surface area contributed by atoms with E-state index in [1.807, 2.05) is 43.3 Å². The van der Waals surface area contributed by atoms with Gasteiger partial charge in [-0.2, -0.15) is 5.26 Å². The number of halogens is 1. The van der Waals surface area contributed by atoms with Crippen LogP contribution in [0.4, 0.5) is 5.69 Å². The molecule has 0 heterocycles. The van der Waals surface area contributed by atoms with E-state index in [0.717, 1.165) is 11.1 Å². The number of carbonyl (C=O) groups excluding carboxylic acids is 1. The first-order valence-electron chi connectivity index (χ1n) is 9.55. The van der Waals surface area contributed by atoms with Gasteiger partial charge >= 0.3 is 0 Å². The Balaban J connectivity index is 1.83. The second kappa shape index (κ2) is 10.3. The fraction of sp³-hybridized carbons (Fsp3) is 0.120. The quantitative estimate of drug-likeness (QED) is 0.379. The Kier molecular flexibility index (Phi) is 7.31. The van der Waals surface area contributed by atoms with Crippen LogP contribution in [0.25, 0.3) is 6.08 Å². The number of methoxy groups -OCH3 is 1. The number of anilines is 1. The van der Waals surface area contributed by atoms with Gasteiger partial charge in [-0.05, 0) is 54.0 Å². The molecule has 0 spiro atoms. The molecule has 3 aromatic carbocycles. The number of hydrogen-bond donors (Lipinski definition) is 1. The van der Waals surface area contributed by atoms with E-state index in [1.165, 1.54) is 13.2 Å². The van der Waals surface area contributed by atoms with Crippen LogP contribution in [0.15, 0.2) is 72.3 Å². The Bertz CT molecular complexity index is 1150. The number of benzene rings is 3. The highest BCUT2D eigenvalue weighted by molar-refractivity contribution is 6.32. The van der Waals surface area contributed by atoms with Gasteiger partial charge in [-0.3, -0.25) is 4.79 Å². The molecule has 0 saturated heterocycles. The van der Waals surface area contributed by atoms with Crippen molar-refractivity contribution >= 4 is 29.3 Å². The topological polar surface area (TPSA) is 71.3 Å². The van der Waals surface area contributed by atoms with Crippen molar-refractivity contribution in [1.82, 2.24) is 0 Å². The van der Waals surface area contributed by atoms with Gasteiger partial charge in [0, 0.05) is 5.69 Å². The molecule has 1 amide bonds. The molecule has 3 rings (SSSR count). The zero-order valence-corrected chi connectivity index (χ0v) is 17.9. The lowest BCUT2D eigenvalue weighted by Crippen LogP contribution is -2.13. The highest BCUT2D eigenvalue weighted by Crippen LogP contribution is 2.37. The van der Waals surface area contributed by atoms with Crippen molar-refractivity contribution in [2.75, 3.05) is 12.4 Å². The number of amides is 1. The van der Waals surface area contributed by atoms with Gasteiger partial charge in [-0.1, -0.05) is 54.1 Å². The van der Waals surface area contributed by atoms with Crippen LogP contribution in [0.2, 0.25) is 5.02 Å². The average Bonchev–Trinajstić information content (AvgIpc) is 2.78. The second-order valence-corrected chi connectivity index (χ2v) is 7.15. The van der Waals surface area contributed by atoms with Gasteiger partial charge in [0.25, 0.3) is 5.91 Å². The summed E-state index contributed by atoms with van der Waals surface area (Å²) < 4.78 is 11.4. The van der Waals surface area contributed by atoms with E-state index >= 15 is 0 Å². The van der Waals surface area contributed by atoms with E-state index < -0.39 is 5.91 Å². The van der Waals surface area contributed by atoms with Crippen LogP contribution in [0.5, 0.6) is 11.5 Å². The molecule has 0 aliphatic rings. The van der Waals surface area contributed by atoms with Crippen LogP contribution in [-0.2, 0) is 11.4 Å². The summed E-state index contributed by atoms with van der Waals surface area (Å²) in [6.07, 6.45) is 1.46. The third kappa shape index (κ3) is 5.65. The predicted molar refractivity (Wildman–Crippen MR) is 122 cm³/mol. The molecular weight excluding hydrogens is 412 g/mol. The molecule has 0 fully saturated rings. The number of aryl methyl sites for hydroxylation is 1. The van der Waals surface area contributed by atoms with Crippen LogP contribution in [0.1, 0.15) is 16.7 Å². The standard InChI is InChI=1S/C25H21ClN2O3/c1-17-8-6-7-9-19(17)16-31-24-22(26)13-18(14-23(24)30-2)12-20(15-27)25(29)28-21-10-4-3-5-11-21/h3-14H,16H2,1-2H3,(H,28,29)/b20-12+. The van der Waals surface area contributed by atoms with E-state index in [1.54, 1.807) is 36.4 Å². The van der Waals surface area contributed by atoms with Gasteiger partial charge in [-0.25, -0.2) is 0 Å². The van der Waals surface area contributed by atoms with E-state index in [-0.39, 0.29) is 5.57 Å². The number of nitriles is 1. The van der Waals surface area contributed by atoms with E-state index in [0.29, 0.717) is 34.4 Å². The van der Waals surface area contributed by atoms with Crippen molar-refractivity contribution in [3.05, 3.63) is 94.0 Å². The Hall–Kier alpha value is -3.75. The van der Waals surface area contributed by atoms with Crippen LogP contribution in [-0.4, -0.2) is 13.0 Å². The van der Waals surface area contributed by atoms with Crippen molar-refractivity contribution in [1.29, 1.82) is 5.26 Å². The van der Waals surface area contributed by atoms with E-state index in [4.69, 9.17) is 21.1 Å². The summed E-state index contributed by atoms with van der Waals surface area (Å²) in [5.74, 6) is 0.300. The minimum atomic E-state index is -0.510. The lowest BCUT2D eigenvalue weighted by molar-refractivity contribution is -0.112. The minimum Gasteiger partial charge on any atom is -0.493 e. The van der Waals surface area contributed by atoms with Crippen molar-refractivity contribution < 1.29 is 14.3 Å². The number of nitrogens with zero attached hydrogens (tertiary/aromatic N) is 1. The predicted octanol–water partition coefficient (Wildman–Crippen LogP) is 5.78. The zero-order chi connectivity index (χ0) is 22.2. The third-order valence-electron chi connectivity index (χ3n) is 4.59. The molecule has 1 N–H and O–H groups in total. The van der Waals surface area contributed by atoms with Crippen molar-refractivity contribution in [3.8, 4) is 17.6 Å². The Morgan fingerprint density at radius 3 is 2.52 bits per heavy atom. The summed E-state index contributed by atoms with van der Waals surface area (Å²) in [6.45, 7) is 2.34. The lowest BCUT2D eigenvalue weighted by atomic mass is 10.1. The molecule has 31 heavy (non-hydrogen) atoms. The summed E-state index contributed by atoms with van der Waals surface area (Å²) in [6, 6.07) is 22.1. The first kappa shape index (κ1) is 21.9. The number of ether oxygens (including phenoxy) is 2. The highest BCUT2D eigenvalue weighted by Gasteiger charge is 2.15. The molecule has 156 valence electrons. The average molecular weight is 433 g/mol. The van der Waals surface area contributed by atoms with Crippen molar-refractivity contribution in [2.45, 2.75) is 13.5 Å². The maximum absolute atomic E-state index is 12.5. The van der Waals surface area contributed by atoms with Gasteiger partial charge in [0.1, 0.15) is 18.2 Å². The number of para-hydroxylation sites is 1. The van der Waals surface area contributed by atoms with Gasteiger partial charge in [-0.15, -0.1) is 0 Å². The molecule has 0 unspecified atom stereocenters. The smallest absolute Gasteiger partial charge is 0.266 e. The van der Waals surface area contributed by atoms with E-state index in [9.17, 15) is 10.1 Å². The maximum Gasteiger partial charge on any atom is 0.266 e. The fourth-order valence-electron chi connectivity index (χ4n) is 2.92. The summed E-state index contributed by atoms with van der Waals surface area (Å²) in [4.78, 5) is 12.5. The fourth-order valence-corrected chi connectivity index (χ4v) is 3.19. The monoisotopic (exact) mass is 432 g/mol. The molecule has 6 heteroatoms. The van der Waals surface area contributed by atoms with Crippen LogP contribution >= 0.6 is 11.6 Å². The number of hydrogen-bond acceptors (Lipinski definition) is 4. The van der Waals surface area contributed by atoms with Gasteiger partial charge in [0.15, 0.2) is 11.5 Å². The minimum absolute atomic E-state index is 0.0597. The SMILES string of the molecule is COc1cc(/C=C(\C#N)C(=O)Nc2ccccc2)cc(Cl)c1OCc1ccccc1C. The summed E-state index contributed by atoms with van der Waals surface area (Å²) in [5.41, 5.74) is 3.23. The number of carbonyl (C=O) groups is 1. The van der Waals surface area contributed by atoms with Crippen molar-refractivity contribution in [3.63, 3.8) is 0 Å². The molecule has 0 aliphatic heterocycles. The van der Waals surface area contributed by atoms with Gasteiger partial charge in [0.05, 0.1) is 12.1 Å². The first-order valence-corrected chi connectivity index (χ1v) is 9.92. The summed E-state index contributed by atoms with van der Waals surface area (Å²) in [7, 11) is 1.51. The normalized spacial score (nSPS) is 10.8. The molecule has 0 bridgehead atoms. The number of rotatable bonds is 7. The van der Waals surface area contributed by atoms with Crippen LogP contribution < -0.4 is 14.8 Å². The van der Waals surface area contributed by atoms with Gasteiger partial charge < -0.3 is 14.8 Å². The zero-order valence-electron chi connectivity index (χ0n) is 17.2. The molecular formula is C25H21ClN2O3. The Morgan fingerprint density at radius 1 is 1.13 bits per heavy atom. The largest absolute Gasteiger partial charge is 0.493 e. The summed E-state index contributed by atoms with van der Waals surface area (Å²) >= 11 is 6.44. The number of nitrogens with one attached hydrogen (secondary N) is 1. The lowest BCUT2D eigenvalue weighted by Gasteiger charge is -2.14. The van der Waals surface area contributed by atoms with Crippen LogP contribution in [0, 0.1) is 18.3 Å². The Labute approximate surface area is 186 Å². The molecule has 3 aromatic rings. The van der Waals surface area contributed by atoms with E-state index in [2.05, 4.69) is 5.32 Å². The third-order valence-corrected chi connectivity index (χ3v) is 4.87. The first-order chi connectivity index (χ1) is 15.0. The van der Waals surface area contributed by atoms with Crippen LogP contribution in [0.3, 0.4) is 0 Å². The Morgan fingerprint density at radius 2 is 1.84 bits per heavy atom. The second-order valence-electron chi connectivity index (χ2n) is 6.74. The molecule has 0 aliphatic carbocycles. The molecule has 5 nitrogen and oxygen atoms in total. The van der Waals surface area contributed by atoms with Crippen molar-refractivity contribution in [2.24, 2.45) is 0 Å². The highest BCUT2D eigenvalue weighted by atomic mass is 35.5. The molecule has 0 aromatic heterocycles. The maximum atomic E-state index is 12.5. The molecule has 0 atom stereocenters. The molecule has 0 radical (unpaired) electrons. The summed E-state index contributed by atoms with van der Waals surface area (Å²) in [5, 5.41) is 12.5. The molecule has 0 saturated carbocycles. The van der Waals surface area contributed by atoms with Gasteiger partial charge in [0.2, 0.25) is 0 Å².